The minimum absolute atomic E-state index is 0.0260. The smallest absolute Gasteiger partial charge is 0.187 e. The molecule has 2 saturated heterocycles. The van der Waals surface area contributed by atoms with E-state index in [4.69, 9.17) is 23.7 Å². The van der Waals surface area contributed by atoms with Crippen molar-refractivity contribution >= 4 is 0 Å². The fourth-order valence-electron chi connectivity index (χ4n) is 1.95. The lowest BCUT2D eigenvalue weighted by Crippen LogP contribution is -2.51. The van der Waals surface area contributed by atoms with E-state index in [1.54, 1.807) is 21.3 Å². The third-order valence-electron chi connectivity index (χ3n) is 2.68. The SMILES string of the molecule is COC[C@H]1O[C@@H]2O[C@@H]2[C@@H](OC)[C@@H]1OC. The van der Waals surface area contributed by atoms with Crippen LogP contribution in [0.1, 0.15) is 0 Å². The summed E-state index contributed by atoms with van der Waals surface area (Å²) in [7, 11) is 4.94. The molecule has 0 aliphatic carbocycles. The van der Waals surface area contributed by atoms with E-state index in [1.807, 2.05) is 0 Å². The first-order chi connectivity index (χ1) is 6.81. The van der Waals surface area contributed by atoms with Crippen molar-refractivity contribution in [1.29, 1.82) is 0 Å². The van der Waals surface area contributed by atoms with Crippen LogP contribution in [0.5, 0.6) is 0 Å². The largest absolute Gasteiger partial charge is 0.382 e. The first-order valence-electron chi connectivity index (χ1n) is 4.67. The van der Waals surface area contributed by atoms with Crippen LogP contribution in [0.15, 0.2) is 0 Å². The van der Waals surface area contributed by atoms with Crippen molar-refractivity contribution < 1.29 is 23.7 Å². The average Bonchev–Trinajstić information content (AvgIpc) is 2.94. The molecule has 14 heavy (non-hydrogen) atoms. The fourth-order valence-corrected chi connectivity index (χ4v) is 1.95. The van der Waals surface area contributed by atoms with Gasteiger partial charge in [0.25, 0.3) is 0 Å². The number of methoxy groups -OCH3 is 3. The Kier molecular flexibility index (Phi) is 3.04. The summed E-state index contributed by atoms with van der Waals surface area (Å²) in [6.45, 7) is 0.491. The van der Waals surface area contributed by atoms with Crippen LogP contribution in [-0.4, -0.2) is 58.6 Å². The third-order valence-corrected chi connectivity index (χ3v) is 2.68. The zero-order valence-corrected chi connectivity index (χ0v) is 8.64. The van der Waals surface area contributed by atoms with Gasteiger partial charge in [0.2, 0.25) is 0 Å². The second-order valence-electron chi connectivity index (χ2n) is 3.50. The topological polar surface area (TPSA) is 49.5 Å². The number of hydrogen-bond donors (Lipinski definition) is 0. The summed E-state index contributed by atoms with van der Waals surface area (Å²) < 4.78 is 26.6. The van der Waals surface area contributed by atoms with Crippen LogP contribution in [0.2, 0.25) is 0 Å². The first kappa shape index (κ1) is 10.3. The van der Waals surface area contributed by atoms with Crippen LogP contribution in [0, 0.1) is 0 Å². The van der Waals surface area contributed by atoms with Crippen molar-refractivity contribution in [3.05, 3.63) is 0 Å². The standard InChI is InChI=1S/C9H16O5/c1-10-4-5-6(11-2)7(12-3)8-9(13-5)14-8/h5-9H,4H2,1-3H3/t5-,6-,7+,8-,9-/m1/s1. The molecule has 0 radical (unpaired) electrons. The van der Waals surface area contributed by atoms with Gasteiger partial charge in [-0.05, 0) is 0 Å². The van der Waals surface area contributed by atoms with E-state index >= 15 is 0 Å². The number of epoxide rings is 1. The monoisotopic (exact) mass is 204 g/mol. The molecule has 5 atom stereocenters. The highest BCUT2D eigenvalue weighted by Gasteiger charge is 2.57. The lowest BCUT2D eigenvalue weighted by molar-refractivity contribution is -0.166. The lowest BCUT2D eigenvalue weighted by atomic mass is 10.0. The van der Waals surface area contributed by atoms with Gasteiger partial charge < -0.3 is 23.7 Å². The number of rotatable bonds is 4. The molecule has 0 aromatic rings. The summed E-state index contributed by atoms with van der Waals surface area (Å²) in [6, 6.07) is 0. The van der Waals surface area contributed by atoms with Crippen LogP contribution in [0.4, 0.5) is 0 Å². The van der Waals surface area contributed by atoms with E-state index in [0.29, 0.717) is 6.61 Å². The Labute approximate surface area is 83.2 Å². The highest BCUT2D eigenvalue weighted by atomic mass is 16.8. The quantitative estimate of drug-likeness (QED) is 0.593. The van der Waals surface area contributed by atoms with Gasteiger partial charge in [-0.2, -0.15) is 0 Å². The van der Waals surface area contributed by atoms with Gasteiger partial charge in [0, 0.05) is 21.3 Å². The van der Waals surface area contributed by atoms with Crippen molar-refractivity contribution in [3.8, 4) is 0 Å². The van der Waals surface area contributed by atoms with Gasteiger partial charge in [0.05, 0.1) is 6.61 Å². The predicted octanol–water partition coefficient (Wildman–Crippen LogP) is -0.214. The molecular formula is C9H16O5. The summed E-state index contributed by atoms with van der Waals surface area (Å²) in [5.74, 6) is 0. The first-order valence-corrected chi connectivity index (χ1v) is 4.67. The summed E-state index contributed by atoms with van der Waals surface area (Å²) in [5, 5.41) is 0. The van der Waals surface area contributed by atoms with Crippen molar-refractivity contribution in [2.24, 2.45) is 0 Å². The molecule has 2 heterocycles. The van der Waals surface area contributed by atoms with Crippen LogP contribution < -0.4 is 0 Å². The van der Waals surface area contributed by atoms with Crippen LogP contribution in [0.25, 0.3) is 0 Å². The summed E-state index contributed by atoms with van der Waals surface area (Å²) >= 11 is 0. The minimum Gasteiger partial charge on any atom is -0.382 e. The normalized spacial score (nSPS) is 46.1. The van der Waals surface area contributed by atoms with Crippen molar-refractivity contribution in [3.63, 3.8) is 0 Å². The summed E-state index contributed by atoms with van der Waals surface area (Å²) in [6.07, 6.45) is -0.397. The Morgan fingerprint density at radius 1 is 1.00 bits per heavy atom. The van der Waals surface area contributed by atoms with Crippen molar-refractivity contribution in [2.45, 2.75) is 30.7 Å². The molecule has 5 heteroatoms. The Morgan fingerprint density at radius 2 is 1.71 bits per heavy atom. The highest BCUT2D eigenvalue weighted by Crippen LogP contribution is 2.38. The maximum Gasteiger partial charge on any atom is 0.187 e. The molecule has 2 rings (SSSR count). The number of fused-ring (bicyclic) bond motifs is 1. The molecule has 0 aromatic heterocycles. The van der Waals surface area contributed by atoms with E-state index in [9.17, 15) is 0 Å². The molecule has 0 spiro atoms. The Bertz CT molecular complexity index is 198. The van der Waals surface area contributed by atoms with Gasteiger partial charge in [0.1, 0.15) is 24.4 Å². The Morgan fingerprint density at radius 3 is 2.29 bits per heavy atom. The zero-order valence-electron chi connectivity index (χ0n) is 8.64. The van der Waals surface area contributed by atoms with Crippen molar-refractivity contribution in [1.82, 2.24) is 0 Å². The van der Waals surface area contributed by atoms with Gasteiger partial charge in [-0.25, -0.2) is 0 Å². The van der Waals surface area contributed by atoms with E-state index < -0.39 is 0 Å². The highest BCUT2D eigenvalue weighted by molar-refractivity contribution is 4.99. The third kappa shape index (κ3) is 1.66. The molecule has 2 aliphatic heterocycles. The minimum atomic E-state index is -0.133. The molecule has 0 unspecified atom stereocenters. The molecular weight excluding hydrogens is 188 g/mol. The Balaban J connectivity index is 2.02. The predicted molar refractivity (Wildman–Crippen MR) is 47.0 cm³/mol. The van der Waals surface area contributed by atoms with E-state index in [2.05, 4.69) is 0 Å². The van der Waals surface area contributed by atoms with Gasteiger partial charge in [-0.15, -0.1) is 0 Å². The molecule has 0 N–H and O–H groups in total. The van der Waals surface area contributed by atoms with Crippen LogP contribution in [-0.2, 0) is 23.7 Å². The van der Waals surface area contributed by atoms with Gasteiger partial charge >= 0.3 is 0 Å². The number of ether oxygens (including phenoxy) is 5. The second kappa shape index (κ2) is 4.12. The zero-order chi connectivity index (χ0) is 10.1. The van der Waals surface area contributed by atoms with E-state index in [1.165, 1.54) is 0 Å². The van der Waals surface area contributed by atoms with Crippen molar-refractivity contribution in [2.75, 3.05) is 27.9 Å². The molecule has 0 saturated carbocycles. The molecule has 2 aliphatic rings. The Hall–Kier alpha value is -0.200. The maximum absolute atomic E-state index is 5.58. The molecule has 0 aromatic carbocycles. The second-order valence-corrected chi connectivity index (χ2v) is 3.50. The van der Waals surface area contributed by atoms with E-state index in [-0.39, 0.29) is 30.7 Å². The van der Waals surface area contributed by atoms with Gasteiger partial charge in [-0.3, -0.25) is 0 Å². The average molecular weight is 204 g/mol. The van der Waals surface area contributed by atoms with E-state index in [0.717, 1.165) is 0 Å². The molecule has 0 amide bonds. The van der Waals surface area contributed by atoms with Gasteiger partial charge in [0.15, 0.2) is 6.29 Å². The maximum atomic E-state index is 5.58. The lowest BCUT2D eigenvalue weighted by Gasteiger charge is -2.33. The van der Waals surface area contributed by atoms with Crippen LogP contribution in [0.3, 0.4) is 0 Å². The summed E-state index contributed by atoms with van der Waals surface area (Å²) in [4.78, 5) is 0. The molecule has 0 bridgehead atoms. The fraction of sp³-hybridized carbons (Fsp3) is 1.00. The van der Waals surface area contributed by atoms with Crippen LogP contribution >= 0.6 is 0 Å². The van der Waals surface area contributed by atoms with Gasteiger partial charge in [-0.1, -0.05) is 0 Å². The number of hydrogen-bond acceptors (Lipinski definition) is 5. The molecule has 2 fully saturated rings. The molecule has 82 valence electrons. The summed E-state index contributed by atoms with van der Waals surface area (Å²) in [5.41, 5.74) is 0. The molecule has 5 nitrogen and oxygen atoms in total.